The van der Waals surface area contributed by atoms with Crippen LogP contribution in [0.25, 0.3) is 11.3 Å². The fourth-order valence-electron chi connectivity index (χ4n) is 1.45. The van der Waals surface area contributed by atoms with Gasteiger partial charge in [0.1, 0.15) is 5.69 Å². The molecule has 0 unspecified atom stereocenters. The Bertz CT molecular complexity index is 443. The molecule has 0 radical (unpaired) electrons. The maximum atomic E-state index is 5.71. The molecule has 0 aliphatic carbocycles. The van der Waals surface area contributed by atoms with E-state index >= 15 is 0 Å². The first kappa shape index (κ1) is 9.21. The quantitative estimate of drug-likeness (QED) is 0.763. The summed E-state index contributed by atoms with van der Waals surface area (Å²) in [6.07, 6.45) is 0. The Morgan fingerprint density at radius 1 is 1.14 bits per heavy atom. The molecule has 0 amide bonds. The normalized spacial score (nSPS) is 10.4. The van der Waals surface area contributed by atoms with Crippen molar-refractivity contribution in [1.82, 2.24) is 0 Å². The second kappa shape index (κ2) is 3.42. The maximum Gasteiger partial charge on any atom is 0.330 e. The molecule has 0 saturated heterocycles. The van der Waals surface area contributed by atoms with Gasteiger partial charge in [-0.25, -0.2) is 4.98 Å². The predicted octanol–water partition coefficient (Wildman–Crippen LogP) is 2.43. The van der Waals surface area contributed by atoms with Crippen molar-refractivity contribution in [2.45, 2.75) is 13.8 Å². The lowest BCUT2D eigenvalue weighted by atomic mass is 10.1. The average molecular weight is 205 g/mol. The molecular weight excluding hydrogens is 192 g/mol. The van der Waals surface area contributed by atoms with Crippen LogP contribution in [0.1, 0.15) is 10.4 Å². The smallest absolute Gasteiger partial charge is 0.278 e. The monoisotopic (exact) mass is 205 g/mol. The molecule has 0 fully saturated rings. The van der Waals surface area contributed by atoms with Crippen LogP contribution in [-0.2, 0) is 0 Å². The van der Waals surface area contributed by atoms with Crippen LogP contribution in [0.5, 0.6) is 0 Å². The van der Waals surface area contributed by atoms with Crippen molar-refractivity contribution >= 4 is 16.5 Å². The van der Waals surface area contributed by atoms with Crippen molar-refractivity contribution in [2.75, 3.05) is 5.73 Å². The zero-order chi connectivity index (χ0) is 10.1. The van der Waals surface area contributed by atoms with Gasteiger partial charge in [-0.05, 0) is 13.8 Å². The van der Waals surface area contributed by atoms with Crippen molar-refractivity contribution in [2.24, 2.45) is 0 Å². The lowest BCUT2D eigenvalue weighted by Gasteiger charge is -1.96. The second-order valence-corrected chi connectivity index (χ2v) is 4.64. The van der Waals surface area contributed by atoms with E-state index in [1.165, 1.54) is 16.0 Å². The highest BCUT2D eigenvalue weighted by atomic mass is 32.1. The summed E-state index contributed by atoms with van der Waals surface area (Å²) in [7, 11) is 0. The summed E-state index contributed by atoms with van der Waals surface area (Å²) in [4.78, 5) is 4.40. The summed E-state index contributed by atoms with van der Waals surface area (Å²) < 4.78 is 0. The number of anilines is 1. The molecule has 2 nitrogen and oxygen atoms in total. The molecule has 1 aromatic carbocycles. The number of aryl methyl sites for hydroxylation is 2. The van der Waals surface area contributed by atoms with Gasteiger partial charge in [-0.1, -0.05) is 41.2 Å². The average Bonchev–Trinajstić information content (AvgIpc) is 2.47. The Morgan fingerprint density at radius 2 is 1.79 bits per heavy atom. The maximum absolute atomic E-state index is 5.71. The first-order chi connectivity index (χ1) is 6.66. The SMILES string of the molecule is Cc1ccc(-c2[nH+]c(N)sc2C)cc1. The van der Waals surface area contributed by atoms with Gasteiger partial charge >= 0.3 is 5.13 Å². The van der Waals surface area contributed by atoms with Gasteiger partial charge in [0.25, 0.3) is 0 Å². The summed E-state index contributed by atoms with van der Waals surface area (Å²) in [5, 5.41) is 0.762. The van der Waals surface area contributed by atoms with Crippen molar-refractivity contribution in [3.63, 3.8) is 0 Å². The van der Waals surface area contributed by atoms with E-state index in [4.69, 9.17) is 5.73 Å². The van der Waals surface area contributed by atoms with E-state index in [2.05, 4.69) is 43.1 Å². The van der Waals surface area contributed by atoms with Crippen LogP contribution >= 0.6 is 11.3 Å². The number of rotatable bonds is 1. The van der Waals surface area contributed by atoms with Gasteiger partial charge in [-0.3, -0.25) is 5.73 Å². The van der Waals surface area contributed by atoms with E-state index in [0.717, 1.165) is 10.8 Å². The number of benzene rings is 1. The third-order valence-electron chi connectivity index (χ3n) is 2.20. The molecule has 0 atom stereocenters. The van der Waals surface area contributed by atoms with Crippen LogP contribution in [-0.4, -0.2) is 0 Å². The van der Waals surface area contributed by atoms with E-state index in [9.17, 15) is 0 Å². The molecule has 0 aliphatic heterocycles. The molecule has 14 heavy (non-hydrogen) atoms. The Balaban J connectivity index is 2.49. The zero-order valence-corrected chi connectivity index (χ0v) is 9.11. The number of aromatic nitrogens is 1. The lowest BCUT2D eigenvalue weighted by Crippen LogP contribution is -2.07. The third-order valence-corrected chi connectivity index (χ3v) is 3.04. The minimum atomic E-state index is 0.762. The van der Waals surface area contributed by atoms with Crippen LogP contribution in [0.15, 0.2) is 24.3 Å². The molecule has 72 valence electrons. The molecular formula is C11H13N2S+. The second-order valence-electron chi connectivity index (χ2n) is 3.39. The summed E-state index contributed by atoms with van der Waals surface area (Å²) in [5.74, 6) is 0. The van der Waals surface area contributed by atoms with E-state index in [1.54, 1.807) is 11.3 Å². The van der Waals surface area contributed by atoms with Crippen molar-refractivity contribution in [1.29, 1.82) is 0 Å². The topological polar surface area (TPSA) is 40.2 Å². The van der Waals surface area contributed by atoms with E-state index in [-0.39, 0.29) is 0 Å². The number of nitrogens with two attached hydrogens (primary N) is 1. The van der Waals surface area contributed by atoms with Crippen LogP contribution < -0.4 is 10.7 Å². The molecule has 0 spiro atoms. The number of hydrogen-bond acceptors (Lipinski definition) is 2. The molecule has 0 saturated carbocycles. The fourth-order valence-corrected chi connectivity index (χ4v) is 2.20. The number of hydrogen-bond donors (Lipinski definition) is 1. The number of nitrogen functional groups attached to an aromatic ring is 1. The molecule has 1 aromatic heterocycles. The summed E-state index contributed by atoms with van der Waals surface area (Å²) in [6.45, 7) is 4.16. The Hall–Kier alpha value is -1.35. The Labute approximate surface area is 87.4 Å². The Morgan fingerprint density at radius 3 is 2.29 bits per heavy atom. The summed E-state index contributed by atoms with van der Waals surface area (Å²) in [5.41, 5.74) is 9.31. The molecule has 0 bridgehead atoms. The molecule has 3 heteroatoms. The van der Waals surface area contributed by atoms with E-state index in [1.807, 2.05) is 0 Å². The van der Waals surface area contributed by atoms with Crippen molar-refractivity contribution < 1.29 is 4.98 Å². The highest BCUT2D eigenvalue weighted by Gasteiger charge is 2.11. The standard InChI is InChI=1S/C11H12N2S/c1-7-3-5-9(6-4-7)10-8(2)14-11(12)13-10/h3-6H,1-2H3,(H2,12,13)/p+1. The molecule has 0 aliphatic rings. The van der Waals surface area contributed by atoms with Crippen LogP contribution in [0.2, 0.25) is 0 Å². The third kappa shape index (κ3) is 1.63. The summed E-state index contributed by atoms with van der Waals surface area (Å²) in [6, 6.07) is 8.44. The van der Waals surface area contributed by atoms with Gasteiger partial charge in [0.2, 0.25) is 0 Å². The van der Waals surface area contributed by atoms with Crippen molar-refractivity contribution in [3.8, 4) is 11.3 Å². The molecule has 2 rings (SSSR count). The largest absolute Gasteiger partial charge is 0.330 e. The zero-order valence-electron chi connectivity index (χ0n) is 8.29. The first-order valence-corrected chi connectivity index (χ1v) is 5.33. The summed E-state index contributed by atoms with van der Waals surface area (Å²) >= 11 is 1.59. The van der Waals surface area contributed by atoms with E-state index in [0.29, 0.717) is 0 Å². The van der Waals surface area contributed by atoms with Crippen LogP contribution in [0.4, 0.5) is 5.13 Å². The molecule has 2 aromatic rings. The van der Waals surface area contributed by atoms with E-state index < -0.39 is 0 Å². The number of thiazole rings is 1. The van der Waals surface area contributed by atoms with Gasteiger partial charge in [-0.2, -0.15) is 0 Å². The highest BCUT2D eigenvalue weighted by Crippen LogP contribution is 2.24. The minimum absolute atomic E-state index is 0.762. The van der Waals surface area contributed by atoms with Gasteiger partial charge in [0, 0.05) is 5.56 Å². The first-order valence-electron chi connectivity index (χ1n) is 4.52. The van der Waals surface area contributed by atoms with Gasteiger partial charge in [0.15, 0.2) is 0 Å². The molecule has 3 N–H and O–H groups in total. The van der Waals surface area contributed by atoms with Crippen molar-refractivity contribution in [3.05, 3.63) is 34.7 Å². The lowest BCUT2D eigenvalue weighted by molar-refractivity contribution is -0.340. The highest BCUT2D eigenvalue weighted by molar-refractivity contribution is 7.15. The van der Waals surface area contributed by atoms with Crippen LogP contribution in [0, 0.1) is 13.8 Å². The fraction of sp³-hybridized carbons (Fsp3) is 0.182. The minimum Gasteiger partial charge on any atom is -0.278 e. The molecule has 1 heterocycles. The van der Waals surface area contributed by atoms with Gasteiger partial charge in [-0.15, -0.1) is 0 Å². The number of H-pyrrole nitrogens is 1. The van der Waals surface area contributed by atoms with Gasteiger partial charge in [0.05, 0.1) is 4.88 Å². The van der Waals surface area contributed by atoms with Crippen LogP contribution in [0.3, 0.4) is 0 Å². The number of aromatic amines is 1. The Kier molecular flexibility index (Phi) is 2.25. The predicted molar refractivity (Wildman–Crippen MR) is 60.2 cm³/mol. The number of nitrogens with one attached hydrogen (secondary N) is 1. The van der Waals surface area contributed by atoms with Gasteiger partial charge < -0.3 is 0 Å².